The van der Waals surface area contributed by atoms with Gasteiger partial charge < -0.3 is 14.2 Å². The number of carbonyl (C=O) groups is 1. The Hall–Kier alpha value is -3.61. The van der Waals surface area contributed by atoms with Crippen molar-refractivity contribution in [1.29, 1.82) is 0 Å². The summed E-state index contributed by atoms with van der Waals surface area (Å²) < 4.78 is 8.09. The molecule has 32 heavy (non-hydrogen) atoms. The van der Waals surface area contributed by atoms with E-state index in [2.05, 4.69) is 43.0 Å². The van der Waals surface area contributed by atoms with Crippen LogP contribution in [0.5, 0.6) is 5.75 Å². The zero-order valence-electron chi connectivity index (χ0n) is 18.0. The van der Waals surface area contributed by atoms with Crippen molar-refractivity contribution in [2.75, 3.05) is 6.61 Å². The molecule has 1 saturated heterocycles. The molecule has 3 aromatic rings. The van der Waals surface area contributed by atoms with E-state index in [4.69, 9.17) is 4.74 Å². The van der Waals surface area contributed by atoms with Crippen LogP contribution in [0.3, 0.4) is 0 Å². The maximum atomic E-state index is 12.6. The van der Waals surface area contributed by atoms with Crippen molar-refractivity contribution in [3.63, 3.8) is 0 Å². The molecule has 2 aliphatic rings. The molecule has 0 saturated carbocycles. The molecule has 7 nitrogen and oxygen atoms in total. The van der Waals surface area contributed by atoms with E-state index in [1.54, 1.807) is 0 Å². The first-order valence-corrected chi connectivity index (χ1v) is 11.2. The van der Waals surface area contributed by atoms with Gasteiger partial charge >= 0.3 is 0 Å². The molecule has 0 radical (unpaired) electrons. The Morgan fingerprint density at radius 3 is 2.84 bits per heavy atom. The number of carbonyl (C=O) groups excluding carboxylic acids is 1. The Morgan fingerprint density at radius 1 is 1.09 bits per heavy atom. The second-order valence-corrected chi connectivity index (χ2v) is 8.26. The number of rotatable bonds is 9. The van der Waals surface area contributed by atoms with Gasteiger partial charge in [0, 0.05) is 37.5 Å². The van der Waals surface area contributed by atoms with E-state index in [0.29, 0.717) is 25.5 Å². The van der Waals surface area contributed by atoms with Crippen molar-refractivity contribution >= 4 is 17.6 Å². The number of nitrogens with one attached hydrogen (secondary N) is 1. The summed E-state index contributed by atoms with van der Waals surface area (Å²) in [6, 6.07) is 15.9. The minimum absolute atomic E-state index is 0.00701. The molecule has 2 aliphatic heterocycles. The first kappa shape index (κ1) is 20.3. The fourth-order valence-corrected chi connectivity index (χ4v) is 4.24. The lowest BCUT2D eigenvalue weighted by atomic mass is 10.0. The maximum absolute atomic E-state index is 12.6. The minimum atomic E-state index is -0.246. The Balaban J connectivity index is 1.17. The van der Waals surface area contributed by atoms with Crippen LogP contribution in [0.4, 0.5) is 5.69 Å². The number of unbranched alkanes of at least 4 members (excludes halogenated alkanes) is 2. The third-order valence-electron chi connectivity index (χ3n) is 5.96. The fourth-order valence-electron chi connectivity index (χ4n) is 4.24. The third kappa shape index (κ3) is 4.51. The van der Waals surface area contributed by atoms with Crippen LogP contribution in [0.1, 0.15) is 30.4 Å². The zero-order chi connectivity index (χ0) is 21.8. The largest absolute Gasteiger partial charge is 0.494 e. The second kappa shape index (κ2) is 9.26. The van der Waals surface area contributed by atoms with Gasteiger partial charge in [-0.3, -0.25) is 10.1 Å². The van der Waals surface area contributed by atoms with Crippen molar-refractivity contribution in [1.82, 2.24) is 19.8 Å². The van der Waals surface area contributed by atoms with Gasteiger partial charge in [-0.15, -0.1) is 0 Å². The normalized spacial score (nSPS) is 16.9. The molecule has 1 amide bonds. The molecule has 1 atom stereocenters. The average molecular weight is 430 g/mol. The fraction of sp³-hybridized carbons (Fsp3) is 0.320. The summed E-state index contributed by atoms with van der Waals surface area (Å²) in [5.41, 5.74) is 3.12. The van der Waals surface area contributed by atoms with E-state index in [1.807, 2.05) is 49.1 Å². The van der Waals surface area contributed by atoms with Gasteiger partial charge in [0.05, 0.1) is 18.6 Å². The van der Waals surface area contributed by atoms with Gasteiger partial charge in [-0.05, 0) is 43.0 Å². The molecule has 1 N–H and O–H groups in total. The average Bonchev–Trinajstić information content (AvgIpc) is 3.43. The van der Waals surface area contributed by atoms with Gasteiger partial charge in [-0.25, -0.2) is 9.98 Å². The Bertz CT molecular complexity index is 1090. The quantitative estimate of drug-likeness (QED) is 0.527. The molecule has 2 aromatic carbocycles. The SMILES string of the molecule is O=C1NC2=Nc3ccc(OCCCCCn4ccnc4)cc3CN2C1Cc1ccccc1. The number of guanidine groups is 1. The summed E-state index contributed by atoms with van der Waals surface area (Å²) >= 11 is 0. The number of benzene rings is 2. The number of nitrogens with zero attached hydrogens (tertiary/aromatic N) is 4. The highest BCUT2D eigenvalue weighted by Gasteiger charge is 2.39. The summed E-state index contributed by atoms with van der Waals surface area (Å²) in [4.78, 5) is 23.4. The number of hydrogen-bond acceptors (Lipinski definition) is 5. The van der Waals surface area contributed by atoms with E-state index in [0.717, 1.165) is 48.4 Å². The van der Waals surface area contributed by atoms with Gasteiger partial charge in [0.2, 0.25) is 11.9 Å². The van der Waals surface area contributed by atoms with Gasteiger partial charge in [0.25, 0.3) is 0 Å². The number of aromatic nitrogens is 2. The van der Waals surface area contributed by atoms with Crippen LogP contribution >= 0.6 is 0 Å². The highest BCUT2D eigenvalue weighted by molar-refractivity contribution is 6.07. The number of hydrogen-bond donors (Lipinski definition) is 1. The minimum Gasteiger partial charge on any atom is -0.494 e. The summed E-state index contributed by atoms with van der Waals surface area (Å²) in [7, 11) is 0. The molecular weight excluding hydrogens is 402 g/mol. The van der Waals surface area contributed by atoms with Crippen molar-refractivity contribution in [3.8, 4) is 5.75 Å². The summed E-state index contributed by atoms with van der Waals surface area (Å²) in [5, 5.41) is 2.95. The molecule has 164 valence electrons. The number of aliphatic imine (C=N–C) groups is 1. The van der Waals surface area contributed by atoms with Crippen LogP contribution < -0.4 is 10.1 Å². The summed E-state index contributed by atoms with van der Waals surface area (Å²) in [6.07, 6.45) is 9.55. The van der Waals surface area contributed by atoms with Gasteiger partial charge in [-0.1, -0.05) is 30.3 Å². The highest BCUT2D eigenvalue weighted by Crippen LogP contribution is 2.32. The molecule has 1 unspecified atom stereocenters. The molecule has 1 fully saturated rings. The highest BCUT2D eigenvalue weighted by atomic mass is 16.5. The van der Waals surface area contributed by atoms with Crippen molar-refractivity contribution in [3.05, 3.63) is 78.4 Å². The van der Waals surface area contributed by atoms with Crippen LogP contribution in [0, 0.1) is 0 Å². The predicted octanol–water partition coefficient (Wildman–Crippen LogP) is 3.68. The van der Waals surface area contributed by atoms with Gasteiger partial charge in [-0.2, -0.15) is 0 Å². The second-order valence-electron chi connectivity index (χ2n) is 8.26. The molecule has 0 spiro atoms. The molecule has 0 bridgehead atoms. The summed E-state index contributed by atoms with van der Waals surface area (Å²) in [5.74, 6) is 1.51. The topological polar surface area (TPSA) is 71.7 Å². The number of aryl methyl sites for hydroxylation is 1. The van der Waals surface area contributed by atoms with Crippen LogP contribution in [0.2, 0.25) is 0 Å². The number of imidazole rings is 1. The van der Waals surface area contributed by atoms with Crippen molar-refractivity contribution in [2.24, 2.45) is 4.99 Å². The lowest BCUT2D eigenvalue weighted by Crippen LogP contribution is -2.38. The van der Waals surface area contributed by atoms with Crippen molar-refractivity contribution < 1.29 is 9.53 Å². The lowest BCUT2D eigenvalue weighted by molar-refractivity contribution is -0.121. The summed E-state index contributed by atoms with van der Waals surface area (Å²) in [6.45, 7) is 2.33. The molecule has 3 heterocycles. The Kier molecular flexibility index (Phi) is 5.87. The van der Waals surface area contributed by atoms with E-state index >= 15 is 0 Å². The van der Waals surface area contributed by atoms with E-state index < -0.39 is 0 Å². The molecule has 5 rings (SSSR count). The standard InChI is InChI=1S/C25H27N5O2/c31-24-23(15-19-7-3-1-4-8-19)30-17-20-16-21(9-10-22(20)27-25(30)28-24)32-14-6-2-5-12-29-13-11-26-18-29/h1,3-4,7-11,13,16,18,23H,2,5-6,12,14-15,17H2,(H,27,28,31). The monoisotopic (exact) mass is 429 g/mol. The third-order valence-corrected chi connectivity index (χ3v) is 5.96. The van der Waals surface area contributed by atoms with Crippen molar-refractivity contribution in [2.45, 2.75) is 44.8 Å². The Morgan fingerprint density at radius 2 is 2.00 bits per heavy atom. The first-order valence-electron chi connectivity index (χ1n) is 11.2. The van der Waals surface area contributed by atoms with E-state index in [-0.39, 0.29) is 11.9 Å². The number of amides is 1. The van der Waals surface area contributed by atoms with Crippen LogP contribution in [0.15, 0.2) is 72.2 Å². The van der Waals surface area contributed by atoms with Crippen LogP contribution in [-0.4, -0.2) is 39.0 Å². The zero-order valence-corrected chi connectivity index (χ0v) is 18.0. The molecule has 7 heteroatoms. The van der Waals surface area contributed by atoms with Crippen LogP contribution in [0.25, 0.3) is 0 Å². The maximum Gasteiger partial charge on any atom is 0.249 e. The van der Waals surface area contributed by atoms with Gasteiger partial charge in [0.1, 0.15) is 11.8 Å². The smallest absolute Gasteiger partial charge is 0.249 e. The van der Waals surface area contributed by atoms with E-state index in [9.17, 15) is 4.79 Å². The Labute approximate surface area is 187 Å². The van der Waals surface area contributed by atoms with Gasteiger partial charge in [0.15, 0.2) is 0 Å². The molecule has 1 aromatic heterocycles. The predicted molar refractivity (Wildman–Crippen MR) is 123 cm³/mol. The van der Waals surface area contributed by atoms with E-state index in [1.165, 1.54) is 0 Å². The molecular formula is C25H27N5O2. The first-order chi connectivity index (χ1) is 15.8. The number of ether oxygens (including phenoxy) is 1. The lowest BCUT2D eigenvalue weighted by Gasteiger charge is -2.28. The molecule has 0 aliphatic carbocycles. The number of fused-ring (bicyclic) bond motifs is 2. The van der Waals surface area contributed by atoms with Crippen LogP contribution in [-0.2, 0) is 24.3 Å².